The van der Waals surface area contributed by atoms with Gasteiger partial charge in [-0.1, -0.05) is 12.1 Å². The molecule has 1 aromatic heterocycles. The van der Waals surface area contributed by atoms with Crippen molar-refractivity contribution in [3.8, 4) is 5.75 Å². The molecule has 1 aliphatic rings. The largest absolute Gasteiger partial charge is 0.497 e. The summed E-state index contributed by atoms with van der Waals surface area (Å²) >= 11 is 0. The van der Waals surface area contributed by atoms with Crippen LogP contribution in [0.25, 0.3) is 0 Å². The fourth-order valence-corrected chi connectivity index (χ4v) is 2.74. The van der Waals surface area contributed by atoms with Crippen LogP contribution in [0, 0.1) is 6.92 Å². The smallest absolute Gasteiger partial charge is 0.260 e. The van der Waals surface area contributed by atoms with Gasteiger partial charge in [-0.25, -0.2) is 13.5 Å². The lowest BCUT2D eigenvalue weighted by Crippen LogP contribution is -2.30. The van der Waals surface area contributed by atoms with E-state index in [-0.39, 0.29) is 6.04 Å². The molecule has 0 fully saturated rings. The van der Waals surface area contributed by atoms with Crippen LogP contribution in [0.1, 0.15) is 29.8 Å². The predicted octanol–water partition coefficient (Wildman–Crippen LogP) is 3.56. The van der Waals surface area contributed by atoms with Crippen LogP contribution < -0.4 is 10.1 Å². The Hall–Kier alpha value is -2.11. The number of halogens is 2. The van der Waals surface area contributed by atoms with Crippen molar-refractivity contribution in [2.75, 3.05) is 12.4 Å². The number of methoxy groups -OCH3 is 1. The van der Waals surface area contributed by atoms with E-state index in [1.54, 1.807) is 20.1 Å². The van der Waals surface area contributed by atoms with Crippen molar-refractivity contribution < 1.29 is 13.5 Å². The zero-order chi connectivity index (χ0) is 15.0. The molecule has 0 bridgehead atoms. The third-order valence-electron chi connectivity index (χ3n) is 3.76. The van der Waals surface area contributed by atoms with Gasteiger partial charge in [-0.05, 0) is 31.0 Å². The summed E-state index contributed by atoms with van der Waals surface area (Å²) in [6, 6.07) is 8.20. The van der Waals surface area contributed by atoms with Crippen molar-refractivity contribution in [1.82, 2.24) is 9.78 Å². The topological polar surface area (TPSA) is 39.1 Å². The average Bonchev–Trinajstić information content (AvgIpc) is 2.86. The zero-order valence-corrected chi connectivity index (χ0v) is 11.9. The van der Waals surface area contributed by atoms with Crippen molar-refractivity contribution in [3.05, 3.63) is 41.6 Å². The van der Waals surface area contributed by atoms with E-state index in [2.05, 4.69) is 10.4 Å². The van der Waals surface area contributed by atoms with Gasteiger partial charge in [0.2, 0.25) is 0 Å². The van der Waals surface area contributed by atoms with Gasteiger partial charge in [-0.3, -0.25) is 0 Å². The van der Waals surface area contributed by atoms with Crippen molar-refractivity contribution >= 4 is 5.82 Å². The molecule has 112 valence electrons. The standard InChI is InChI=1S/C15H17F2N3O/c1-9-6-14-18-12(8-13(15(16)17)20(14)19-9)10-4-3-5-11(7-10)21-2/h3-7,12-13,15,18H,8H2,1-2H3. The van der Waals surface area contributed by atoms with Crippen molar-refractivity contribution in [1.29, 1.82) is 0 Å². The van der Waals surface area contributed by atoms with Gasteiger partial charge < -0.3 is 10.1 Å². The summed E-state index contributed by atoms with van der Waals surface area (Å²) in [5.74, 6) is 1.36. The maximum Gasteiger partial charge on any atom is 0.260 e. The number of aromatic nitrogens is 2. The number of ether oxygens (including phenoxy) is 1. The first-order valence-corrected chi connectivity index (χ1v) is 6.83. The van der Waals surface area contributed by atoms with Crippen LogP contribution in [0.4, 0.5) is 14.6 Å². The Bertz CT molecular complexity index is 642. The number of fused-ring (bicyclic) bond motifs is 1. The van der Waals surface area contributed by atoms with E-state index in [0.29, 0.717) is 12.2 Å². The molecule has 0 aliphatic carbocycles. The molecule has 0 spiro atoms. The van der Waals surface area contributed by atoms with E-state index in [1.807, 2.05) is 24.3 Å². The van der Waals surface area contributed by atoms with Crippen LogP contribution in [0.2, 0.25) is 0 Å². The van der Waals surface area contributed by atoms with Gasteiger partial charge in [0.1, 0.15) is 17.6 Å². The van der Waals surface area contributed by atoms with Gasteiger partial charge in [0, 0.05) is 6.07 Å². The molecule has 21 heavy (non-hydrogen) atoms. The molecular weight excluding hydrogens is 276 g/mol. The number of anilines is 1. The maximum absolute atomic E-state index is 13.3. The van der Waals surface area contributed by atoms with Crippen LogP contribution in [0.15, 0.2) is 30.3 Å². The Balaban J connectivity index is 1.95. The first-order valence-electron chi connectivity index (χ1n) is 6.83. The molecule has 1 aliphatic heterocycles. The van der Waals surface area contributed by atoms with E-state index in [9.17, 15) is 8.78 Å². The molecule has 4 nitrogen and oxygen atoms in total. The summed E-state index contributed by atoms with van der Waals surface area (Å²) in [5, 5.41) is 7.45. The SMILES string of the molecule is COc1cccc(C2CC(C(F)F)n3nc(C)cc3N2)c1. The number of alkyl halides is 2. The van der Waals surface area contributed by atoms with Crippen molar-refractivity contribution in [2.45, 2.75) is 31.9 Å². The normalized spacial score (nSPS) is 21.0. The first kappa shape index (κ1) is 13.9. The van der Waals surface area contributed by atoms with E-state index in [0.717, 1.165) is 17.0 Å². The molecular formula is C15H17F2N3O. The molecule has 2 unspecified atom stereocenters. The highest BCUT2D eigenvalue weighted by molar-refractivity contribution is 5.44. The fourth-order valence-electron chi connectivity index (χ4n) is 2.74. The Morgan fingerprint density at radius 3 is 2.90 bits per heavy atom. The van der Waals surface area contributed by atoms with Crippen LogP contribution >= 0.6 is 0 Å². The number of aryl methyl sites for hydroxylation is 1. The molecule has 0 radical (unpaired) electrons. The van der Waals surface area contributed by atoms with E-state index in [1.165, 1.54) is 4.68 Å². The predicted molar refractivity (Wildman–Crippen MR) is 76.0 cm³/mol. The van der Waals surface area contributed by atoms with Crippen molar-refractivity contribution in [3.63, 3.8) is 0 Å². The molecule has 1 aromatic carbocycles. The van der Waals surface area contributed by atoms with Gasteiger partial charge >= 0.3 is 0 Å². The van der Waals surface area contributed by atoms with Crippen LogP contribution in [0.3, 0.4) is 0 Å². The lowest BCUT2D eigenvalue weighted by Gasteiger charge is -2.32. The number of benzene rings is 1. The van der Waals surface area contributed by atoms with Gasteiger partial charge in [0.15, 0.2) is 0 Å². The number of rotatable bonds is 3. The summed E-state index contributed by atoms with van der Waals surface area (Å²) in [6.07, 6.45) is -2.16. The van der Waals surface area contributed by atoms with Crippen LogP contribution in [-0.4, -0.2) is 23.3 Å². The van der Waals surface area contributed by atoms with E-state index >= 15 is 0 Å². The van der Waals surface area contributed by atoms with Crippen LogP contribution in [-0.2, 0) is 0 Å². The first-order chi connectivity index (χ1) is 10.1. The van der Waals surface area contributed by atoms with Gasteiger partial charge in [-0.15, -0.1) is 0 Å². The number of nitrogens with zero attached hydrogens (tertiary/aromatic N) is 2. The molecule has 2 heterocycles. The number of nitrogens with one attached hydrogen (secondary N) is 1. The summed E-state index contributed by atoms with van der Waals surface area (Å²) in [6.45, 7) is 1.80. The summed E-state index contributed by atoms with van der Waals surface area (Å²) in [7, 11) is 1.59. The van der Waals surface area contributed by atoms with E-state index in [4.69, 9.17) is 4.74 Å². The Morgan fingerprint density at radius 1 is 1.38 bits per heavy atom. The van der Waals surface area contributed by atoms with Crippen molar-refractivity contribution in [2.24, 2.45) is 0 Å². The van der Waals surface area contributed by atoms with Gasteiger partial charge in [-0.2, -0.15) is 5.10 Å². The Morgan fingerprint density at radius 2 is 2.19 bits per heavy atom. The highest BCUT2D eigenvalue weighted by atomic mass is 19.3. The maximum atomic E-state index is 13.3. The molecule has 0 saturated carbocycles. The second-order valence-corrected chi connectivity index (χ2v) is 5.23. The minimum atomic E-state index is -2.45. The van der Waals surface area contributed by atoms with E-state index < -0.39 is 12.5 Å². The highest BCUT2D eigenvalue weighted by Gasteiger charge is 2.34. The minimum absolute atomic E-state index is 0.178. The summed E-state index contributed by atoms with van der Waals surface area (Å²) in [5.41, 5.74) is 1.67. The second kappa shape index (κ2) is 5.35. The molecule has 0 amide bonds. The fraction of sp³-hybridized carbons (Fsp3) is 0.400. The summed E-state index contributed by atoms with van der Waals surface area (Å²) in [4.78, 5) is 0. The number of hydrogen-bond acceptors (Lipinski definition) is 3. The average molecular weight is 293 g/mol. The monoisotopic (exact) mass is 293 g/mol. The second-order valence-electron chi connectivity index (χ2n) is 5.23. The highest BCUT2D eigenvalue weighted by Crippen LogP contribution is 2.38. The lowest BCUT2D eigenvalue weighted by atomic mass is 9.97. The Labute approximate surface area is 121 Å². The number of hydrogen-bond donors (Lipinski definition) is 1. The molecule has 1 N–H and O–H groups in total. The van der Waals surface area contributed by atoms with Gasteiger partial charge in [0.25, 0.3) is 6.43 Å². The summed E-state index contributed by atoms with van der Waals surface area (Å²) < 4.78 is 33.3. The quantitative estimate of drug-likeness (QED) is 0.940. The third-order valence-corrected chi connectivity index (χ3v) is 3.76. The molecule has 0 saturated heterocycles. The molecule has 2 aromatic rings. The zero-order valence-electron chi connectivity index (χ0n) is 11.9. The minimum Gasteiger partial charge on any atom is -0.497 e. The molecule has 3 rings (SSSR count). The molecule has 2 atom stereocenters. The van der Waals surface area contributed by atoms with Crippen LogP contribution in [0.5, 0.6) is 5.75 Å². The third kappa shape index (κ3) is 2.57. The molecule has 6 heteroatoms. The lowest BCUT2D eigenvalue weighted by molar-refractivity contribution is 0.0657. The Kier molecular flexibility index (Phi) is 3.53. The van der Waals surface area contributed by atoms with Gasteiger partial charge in [0.05, 0.1) is 18.8 Å².